The third kappa shape index (κ3) is 4.07. The molecule has 1 saturated heterocycles. The summed E-state index contributed by atoms with van der Waals surface area (Å²) in [7, 11) is 0. The van der Waals surface area contributed by atoms with E-state index < -0.39 is 0 Å². The van der Waals surface area contributed by atoms with Gasteiger partial charge in [0.1, 0.15) is 5.76 Å². The quantitative estimate of drug-likeness (QED) is 0.876. The third-order valence-electron chi connectivity index (χ3n) is 4.57. The normalized spacial score (nSPS) is 14.2. The lowest BCUT2D eigenvalue weighted by molar-refractivity contribution is -0.121. The summed E-state index contributed by atoms with van der Waals surface area (Å²) in [6.45, 7) is 4.97. The standard InChI is InChI=1S/C19H23N3O3/c1-13-17(14(2)25-21-13)8-9-18(23)20-12-15-5-3-6-16(11-15)22-10-4-7-19(22)24/h3,5-6,11H,4,7-10,12H2,1-2H3,(H,20,23). The molecule has 1 N–H and O–H groups in total. The predicted octanol–water partition coefficient (Wildman–Crippen LogP) is 2.67. The predicted molar refractivity (Wildman–Crippen MR) is 94.2 cm³/mol. The van der Waals surface area contributed by atoms with E-state index >= 15 is 0 Å². The lowest BCUT2D eigenvalue weighted by Gasteiger charge is -2.16. The van der Waals surface area contributed by atoms with Crippen LogP contribution in [0.4, 0.5) is 5.69 Å². The second kappa shape index (κ2) is 7.51. The number of aromatic nitrogens is 1. The van der Waals surface area contributed by atoms with Gasteiger partial charge in [0.15, 0.2) is 0 Å². The second-order valence-corrected chi connectivity index (χ2v) is 6.40. The number of carbonyl (C=O) groups is 2. The molecule has 6 heteroatoms. The van der Waals surface area contributed by atoms with Crippen molar-refractivity contribution in [2.75, 3.05) is 11.4 Å². The molecule has 1 aliphatic rings. The number of rotatable bonds is 6. The fourth-order valence-corrected chi connectivity index (χ4v) is 3.14. The number of benzene rings is 1. The Hall–Kier alpha value is -2.63. The van der Waals surface area contributed by atoms with Crippen LogP contribution in [0.1, 0.15) is 41.8 Å². The van der Waals surface area contributed by atoms with Gasteiger partial charge in [-0.3, -0.25) is 9.59 Å². The Bertz CT molecular complexity index is 762. The molecule has 0 aliphatic carbocycles. The molecule has 1 aliphatic heterocycles. The van der Waals surface area contributed by atoms with Gasteiger partial charge in [0.2, 0.25) is 11.8 Å². The number of carbonyl (C=O) groups excluding carboxylic acids is 2. The van der Waals surface area contributed by atoms with Gasteiger partial charge in [0.25, 0.3) is 0 Å². The van der Waals surface area contributed by atoms with Crippen molar-refractivity contribution < 1.29 is 14.1 Å². The van der Waals surface area contributed by atoms with E-state index in [1.54, 1.807) is 0 Å². The van der Waals surface area contributed by atoms with E-state index in [4.69, 9.17) is 4.52 Å². The van der Waals surface area contributed by atoms with E-state index in [0.29, 0.717) is 25.8 Å². The molecule has 0 bridgehead atoms. The second-order valence-electron chi connectivity index (χ2n) is 6.40. The minimum atomic E-state index is -0.0114. The molecule has 0 unspecified atom stereocenters. The van der Waals surface area contributed by atoms with Crippen molar-refractivity contribution in [1.82, 2.24) is 10.5 Å². The van der Waals surface area contributed by atoms with Crippen molar-refractivity contribution in [3.63, 3.8) is 0 Å². The Labute approximate surface area is 147 Å². The third-order valence-corrected chi connectivity index (χ3v) is 4.57. The van der Waals surface area contributed by atoms with Crippen molar-refractivity contribution >= 4 is 17.5 Å². The highest BCUT2D eigenvalue weighted by atomic mass is 16.5. The Morgan fingerprint density at radius 1 is 1.36 bits per heavy atom. The van der Waals surface area contributed by atoms with E-state index in [0.717, 1.165) is 41.2 Å². The van der Waals surface area contributed by atoms with Crippen molar-refractivity contribution in [2.24, 2.45) is 0 Å². The van der Waals surface area contributed by atoms with Crippen LogP contribution in [0.3, 0.4) is 0 Å². The molecule has 0 atom stereocenters. The molecular formula is C19H23N3O3. The van der Waals surface area contributed by atoms with Crippen molar-refractivity contribution in [1.29, 1.82) is 0 Å². The number of amides is 2. The van der Waals surface area contributed by atoms with E-state index in [2.05, 4.69) is 10.5 Å². The Balaban J connectivity index is 1.53. The highest BCUT2D eigenvalue weighted by molar-refractivity contribution is 5.95. The molecule has 2 aromatic rings. The van der Waals surface area contributed by atoms with E-state index in [1.165, 1.54) is 0 Å². The maximum atomic E-state index is 12.1. The first kappa shape index (κ1) is 17.2. The molecule has 25 heavy (non-hydrogen) atoms. The molecule has 132 valence electrons. The summed E-state index contributed by atoms with van der Waals surface area (Å²) in [5.74, 6) is 0.927. The molecular weight excluding hydrogens is 318 g/mol. The summed E-state index contributed by atoms with van der Waals surface area (Å²) >= 11 is 0. The number of hydrogen-bond donors (Lipinski definition) is 1. The van der Waals surface area contributed by atoms with Crippen LogP contribution in [0.2, 0.25) is 0 Å². The molecule has 3 rings (SSSR count). The van der Waals surface area contributed by atoms with E-state index in [-0.39, 0.29) is 11.8 Å². The van der Waals surface area contributed by atoms with Gasteiger partial charge in [-0.25, -0.2) is 0 Å². The largest absolute Gasteiger partial charge is 0.361 e. The number of hydrogen-bond acceptors (Lipinski definition) is 4. The van der Waals surface area contributed by atoms with Crippen molar-refractivity contribution in [3.8, 4) is 0 Å². The number of anilines is 1. The van der Waals surface area contributed by atoms with Gasteiger partial charge in [-0.15, -0.1) is 0 Å². The van der Waals surface area contributed by atoms with Gasteiger partial charge < -0.3 is 14.7 Å². The molecule has 6 nitrogen and oxygen atoms in total. The van der Waals surface area contributed by atoms with Crippen LogP contribution < -0.4 is 10.2 Å². The Kier molecular flexibility index (Phi) is 5.16. The van der Waals surface area contributed by atoms with Crippen LogP contribution in [0.15, 0.2) is 28.8 Å². The summed E-state index contributed by atoms with van der Waals surface area (Å²) in [5, 5.41) is 6.84. The molecule has 2 amide bonds. The van der Waals surface area contributed by atoms with Crippen LogP contribution in [0.5, 0.6) is 0 Å². The van der Waals surface area contributed by atoms with Crippen LogP contribution in [0.25, 0.3) is 0 Å². The lowest BCUT2D eigenvalue weighted by atomic mass is 10.1. The molecule has 1 aromatic carbocycles. The van der Waals surface area contributed by atoms with Gasteiger partial charge in [-0.2, -0.15) is 0 Å². The zero-order valence-corrected chi connectivity index (χ0v) is 14.7. The lowest BCUT2D eigenvalue weighted by Crippen LogP contribution is -2.25. The first-order valence-electron chi connectivity index (χ1n) is 8.62. The van der Waals surface area contributed by atoms with Crippen molar-refractivity contribution in [2.45, 2.75) is 46.1 Å². The number of nitrogens with zero attached hydrogens (tertiary/aromatic N) is 2. The molecule has 2 heterocycles. The molecule has 0 spiro atoms. The fourth-order valence-electron chi connectivity index (χ4n) is 3.14. The van der Waals surface area contributed by atoms with Gasteiger partial charge in [0, 0.05) is 37.2 Å². The number of nitrogens with one attached hydrogen (secondary N) is 1. The van der Waals surface area contributed by atoms with Gasteiger partial charge >= 0.3 is 0 Å². The molecule has 1 fully saturated rings. The molecule has 1 aromatic heterocycles. The fraction of sp³-hybridized carbons (Fsp3) is 0.421. The highest BCUT2D eigenvalue weighted by Gasteiger charge is 2.21. The average molecular weight is 341 g/mol. The smallest absolute Gasteiger partial charge is 0.227 e. The summed E-state index contributed by atoms with van der Waals surface area (Å²) in [6, 6.07) is 7.79. The Morgan fingerprint density at radius 2 is 2.20 bits per heavy atom. The first-order valence-corrected chi connectivity index (χ1v) is 8.62. The zero-order valence-electron chi connectivity index (χ0n) is 14.7. The molecule has 0 radical (unpaired) electrons. The van der Waals surface area contributed by atoms with Crippen LogP contribution in [-0.4, -0.2) is 23.5 Å². The summed E-state index contributed by atoms with van der Waals surface area (Å²) in [6.07, 6.45) is 2.53. The van der Waals surface area contributed by atoms with E-state index in [1.807, 2.05) is 43.0 Å². The minimum Gasteiger partial charge on any atom is -0.361 e. The maximum absolute atomic E-state index is 12.1. The minimum absolute atomic E-state index is 0.0114. The zero-order chi connectivity index (χ0) is 17.8. The van der Waals surface area contributed by atoms with Crippen LogP contribution in [0, 0.1) is 13.8 Å². The van der Waals surface area contributed by atoms with Gasteiger partial charge in [-0.1, -0.05) is 17.3 Å². The van der Waals surface area contributed by atoms with Crippen LogP contribution in [-0.2, 0) is 22.6 Å². The van der Waals surface area contributed by atoms with Gasteiger partial charge in [0.05, 0.1) is 5.69 Å². The van der Waals surface area contributed by atoms with E-state index in [9.17, 15) is 9.59 Å². The molecule has 0 saturated carbocycles. The average Bonchev–Trinajstić information content (AvgIpc) is 3.17. The Morgan fingerprint density at radius 3 is 2.88 bits per heavy atom. The van der Waals surface area contributed by atoms with Gasteiger partial charge in [-0.05, 0) is 44.4 Å². The van der Waals surface area contributed by atoms with Crippen molar-refractivity contribution in [3.05, 3.63) is 46.8 Å². The topological polar surface area (TPSA) is 75.4 Å². The SMILES string of the molecule is Cc1noc(C)c1CCC(=O)NCc1cccc(N2CCCC2=O)c1. The summed E-state index contributed by atoms with van der Waals surface area (Å²) in [4.78, 5) is 25.8. The first-order chi connectivity index (χ1) is 12.0. The highest BCUT2D eigenvalue weighted by Crippen LogP contribution is 2.22. The summed E-state index contributed by atoms with van der Waals surface area (Å²) in [5.41, 5.74) is 3.74. The summed E-state index contributed by atoms with van der Waals surface area (Å²) < 4.78 is 5.11. The monoisotopic (exact) mass is 341 g/mol. The maximum Gasteiger partial charge on any atom is 0.227 e. The van der Waals surface area contributed by atoms with Crippen LogP contribution >= 0.6 is 0 Å². The number of aryl methyl sites for hydroxylation is 2.